The lowest BCUT2D eigenvalue weighted by Crippen LogP contribution is -2.62. The number of nitrogens with zero attached hydrogens (tertiary/aromatic N) is 4. The zero-order valence-electron chi connectivity index (χ0n) is 21.8. The van der Waals surface area contributed by atoms with Gasteiger partial charge in [0.1, 0.15) is 18.9 Å². The van der Waals surface area contributed by atoms with Crippen LogP contribution in [-0.2, 0) is 27.3 Å². The number of morpholine rings is 1. The monoisotopic (exact) mass is 518 g/mol. The molecule has 1 aromatic heterocycles. The molecular formula is C29H34N4O5. The van der Waals surface area contributed by atoms with Crippen LogP contribution in [0.5, 0.6) is 5.75 Å². The van der Waals surface area contributed by atoms with E-state index < -0.39 is 5.60 Å². The number of rotatable bonds is 3. The second-order valence-electron chi connectivity index (χ2n) is 9.90. The SMILES string of the molecule is CCN1CCOc2ccccc2CCCCC2(CN(C(=O)Cn3ncc4ccccc4c3=O)CCO2)C1=O. The van der Waals surface area contributed by atoms with E-state index in [4.69, 9.17) is 9.47 Å². The molecule has 0 bridgehead atoms. The number of hydrogen-bond donors (Lipinski definition) is 0. The first-order valence-corrected chi connectivity index (χ1v) is 13.4. The molecule has 0 N–H and O–H groups in total. The molecule has 3 aromatic rings. The molecule has 38 heavy (non-hydrogen) atoms. The number of carbonyl (C=O) groups excluding carboxylic acids is 2. The number of fused-ring (bicyclic) bond motifs is 2. The molecule has 9 heteroatoms. The van der Waals surface area contributed by atoms with Crippen molar-refractivity contribution in [1.82, 2.24) is 19.6 Å². The maximum absolute atomic E-state index is 13.9. The van der Waals surface area contributed by atoms with Gasteiger partial charge in [-0.15, -0.1) is 0 Å². The Morgan fingerprint density at radius 1 is 1.03 bits per heavy atom. The molecule has 0 aliphatic carbocycles. The minimum Gasteiger partial charge on any atom is -0.491 e. The van der Waals surface area contributed by atoms with Crippen LogP contribution in [0.15, 0.2) is 59.5 Å². The molecule has 0 saturated carbocycles. The van der Waals surface area contributed by atoms with Gasteiger partial charge in [-0.25, -0.2) is 4.68 Å². The summed E-state index contributed by atoms with van der Waals surface area (Å²) in [6.45, 7) is 3.85. The Hall–Kier alpha value is -3.72. The molecule has 1 atom stereocenters. The minimum absolute atomic E-state index is 0.115. The van der Waals surface area contributed by atoms with Gasteiger partial charge in [-0.1, -0.05) is 36.4 Å². The van der Waals surface area contributed by atoms with Crippen molar-refractivity contribution < 1.29 is 19.1 Å². The minimum atomic E-state index is -1.12. The molecule has 1 spiro atoms. The Bertz CT molecular complexity index is 1370. The van der Waals surface area contributed by atoms with E-state index in [0.29, 0.717) is 38.0 Å². The standard InChI is InChI=1S/C29H34N4O5/c1-2-31-15-17-37-25-13-6-4-9-22(25)10-7-8-14-29(28(31)36)21-32(16-18-38-29)26(34)20-33-27(35)24-12-5-3-11-23(24)19-30-33/h3-6,9,11-13,19H,2,7-8,10,14-18,20-21H2,1H3. The smallest absolute Gasteiger partial charge is 0.275 e. The largest absolute Gasteiger partial charge is 0.491 e. The molecule has 5 rings (SSSR count). The number of aryl methyl sites for hydroxylation is 1. The van der Waals surface area contributed by atoms with E-state index >= 15 is 0 Å². The summed E-state index contributed by atoms with van der Waals surface area (Å²) in [6.07, 6.45) is 4.60. The van der Waals surface area contributed by atoms with Crippen LogP contribution in [0.3, 0.4) is 0 Å². The van der Waals surface area contributed by atoms with Crippen molar-refractivity contribution in [2.24, 2.45) is 0 Å². The molecule has 2 amide bonds. The Morgan fingerprint density at radius 2 is 1.84 bits per heavy atom. The highest BCUT2D eigenvalue weighted by Gasteiger charge is 2.46. The number of hydrogen-bond acceptors (Lipinski definition) is 6. The molecule has 0 radical (unpaired) electrons. The summed E-state index contributed by atoms with van der Waals surface area (Å²) in [6, 6.07) is 15.2. The lowest BCUT2D eigenvalue weighted by Gasteiger charge is -2.44. The number of para-hydroxylation sites is 1. The maximum Gasteiger partial charge on any atom is 0.275 e. The number of carbonyl (C=O) groups is 2. The van der Waals surface area contributed by atoms with Crippen molar-refractivity contribution in [2.75, 3.05) is 39.4 Å². The normalized spacial score (nSPS) is 20.9. The number of likely N-dealkylation sites (N-methyl/N-ethyl adjacent to an activating group) is 1. The second-order valence-corrected chi connectivity index (χ2v) is 9.90. The van der Waals surface area contributed by atoms with Crippen LogP contribution in [0.25, 0.3) is 10.8 Å². The lowest BCUT2D eigenvalue weighted by molar-refractivity contribution is -0.176. The summed E-state index contributed by atoms with van der Waals surface area (Å²) in [4.78, 5) is 43.6. The quantitative estimate of drug-likeness (QED) is 0.529. The van der Waals surface area contributed by atoms with Gasteiger partial charge >= 0.3 is 0 Å². The van der Waals surface area contributed by atoms with E-state index in [0.717, 1.165) is 36.0 Å². The molecule has 2 aromatic carbocycles. The third-order valence-electron chi connectivity index (χ3n) is 7.51. The summed E-state index contributed by atoms with van der Waals surface area (Å²) in [5.74, 6) is 0.502. The average Bonchev–Trinajstić information content (AvgIpc) is 2.95. The predicted molar refractivity (Wildman–Crippen MR) is 143 cm³/mol. The van der Waals surface area contributed by atoms with E-state index in [9.17, 15) is 14.4 Å². The Balaban J connectivity index is 1.35. The zero-order valence-corrected chi connectivity index (χ0v) is 21.8. The van der Waals surface area contributed by atoms with Gasteiger partial charge in [0.2, 0.25) is 5.91 Å². The molecule has 3 heterocycles. The average molecular weight is 519 g/mol. The first-order valence-electron chi connectivity index (χ1n) is 13.4. The fraction of sp³-hybridized carbons (Fsp3) is 0.448. The summed E-state index contributed by atoms with van der Waals surface area (Å²) in [7, 11) is 0. The van der Waals surface area contributed by atoms with Crippen LogP contribution in [0.4, 0.5) is 0 Å². The number of amides is 2. The van der Waals surface area contributed by atoms with Crippen molar-refractivity contribution in [3.8, 4) is 5.75 Å². The van der Waals surface area contributed by atoms with Crippen LogP contribution in [0.2, 0.25) is 0 Å². The van der Waals surface area contributed by atoms with Crippen LogP contribution >= 0.6 is 0 Å². The topological polar surface area (TPSA) is 94.0 Å². The van der Waals surface area contributed by atoms with Gasteiger partial charge in [0.05, 0.1) is 31.3 Å². The summed E-state index contributed by atoms with van der Waals surface area (Å²) in [5, 5.41) is 5.46. The van der Waals surface area contributed by atoms with Gasteiger partial charge in [-0.05, 0) is 50.3 Å². The third-order valence-corrected chi connectivity index (χ3v) is 7.51. The molecule has 2 aliphatic heterocycles. The fourth-order valence-electron chi connectivity index (χ4n) is 5.39. The van der Waals surface area contributed by atoms with Crippen LogP contribution in [-0.4, -0.2) is 76.4 Å². The summed E-state index contributed by atoms with van der Waals surface area (Å²) in [5.41, 5.74) is -0.269. The number of aromatic nitrogens is 2. The van der Waals surface area contributed by atoms with Crippen molar-refractivity contribution in [1.29, 1.82) is 0 Å². The highest BCUT2D eigenvalue weighted by atomic mass is 16.5. The van der Waals surface area contributed by atoms with Crippen molar-refractivity contribution >= 4 is 22.6 Å². The number of benzene rings is 2. The van der Waals surface area contributed by atoms with E-state index in [2.05, 4.69) is 11.2 Å². The molecule has 2 aliphatic rings. The van der Waals surface area contributed by atoms with Crippen LogP contribution in [0, 0.1) is 0 Å². The third kappa shape index (κ3) is 5.29. The van der Waals surface area contributed by atoms with Gasteiger partial charge in [0.25, 0.3) is 11.5 Å². The van der Waals surface area contributed by atoms with Crippen molar-refractivity contribution in [3.63, 3.8) is 0 Å². The van der Waals surface area contributed by atoms with E-state index in [1.54, 1.807) is 28.1 Å². The van der Waals surface area contributed by atoms with E-state index in [1.807, 2.05) is 37.3 Å². The first kappa shape index (κ1) is 25.9. The second kappa shape index (κ2) is 11.3. The Labute approximate surface area is 221 Å². The Kier molecular flexibility index (Phi) is 7.74. The maximum atomic E-state index is 13.9. The molecular weight excluding hydrogens is 484 g/mol. The van der Waals surface area contributed by atoms with Gasteiger partial charge in [0.15, 0.2) is 5.60 Å². The highest BCUT2D eigenvalue weighted by Crippen LogP contribution is 2.29. The van der Waals surface area contributed by atoms with Gasteiger partial charge < -0.3 is 19.3 Å². The molecule has 1 saturated heterocycles. The summed E-state index contributed by atoms with van der Waals surface area (Å²) < 4.78 is 13.5. The van der Waals surface area contributed by atoms with Gasteiger partial charge in [-0.2, -0.15) is 5.10 Å². The van der Waals surface area contributed by atoms with Crippen LogP contribution in [0.1, 0.15) is 31.7 Å². The van der Waals surface area contributed by atoms with Gasteiger partial charge in [-0.3, -0.25) is 14.4 Å². The molecule has 1 fully saturated rings. The predicted octanol–water partition coefficient (Wildman–Crippen LogP) is 2.65. The zero-order chi connectivity index (χ0) is 26.5. The highest BCUT2D eigenvalue weighted by molar-refractivity contribution is 5.87. The van der Waals surface area contributed by atoms with Gasteiger partial charge in [0, 0.05) is 18.5 Å². The first-order chi connectivity index (χ1) is 18.5. The molecule has 9 nitrogen and oxygen atoms in total. The van der Waals surface area contributed by atoms with Crippen LogP contribution < -0.4 is 10.3 Å². The Morgan fingerprint density at radius 3 is 2.71 bits per heavy atom. The fourth-order valence-corrected chi connectivity index (χ4v) is 5.39. The van der Waals surface area contributed by atoms with Crippen molar-refractivity contribution in [2.45, 2.75) is 44.8 Å². The summed E-state index contributed by atoms with van der Waals surface area (Å²) >= 11 is 0. The lowest BCUT2D eigenvalue weighted by atomic mass is 9.91. The van der Waals surface area contributed by atoms with Crippen molar-refractivity contribution in [3.05, 3.63) is 70.6 Å². The molecule has 1 unspecified atom stereocenters. The van der Waals surface area contributed by atoms with E-state index in [1.165, 1.54) is 4.68 Å². The molecule has 200 valence electrons. The number of ether oxygens (including phenoxy) is 2. The van der Waals surface area contributed by atoms with E-state index in [-0.39, 0.29) is 37.1 Å².